The lowest BCUT2D eigenvalue weighted by Crippen LogP contribution is -2.68. The van der Waals surface area contributed by atoms with Gasteiger partial charge < -0.3 is 28.7 Å². The number of esters is 4. The third kappa shape index (κ3) is 6.49. The van der Waals surface area contributed by atoms with Gasteiger partial charge in [0.15, 0.2) is 11.7 Å². The van der Waals surface area contributed by atoms with E-state index < -0.39 is 54.1 Å². The van der Waals surface area contributed by atoms with Crippen LogP contribution in [0.15, 0.2) is 30.5 Å². The number of aryl methyl sites for hydroxylation is 1. The molecule has 37 heavy (non-hydrogen) atoms. The van der Waals surface area contributed by atoms with E-state index in [1.807, 2.05) is 30.5 Å². The van der Waals surface area contributed by atoms with Crippen LogP contribution in [0.2, 0.25) is 0 Å². The lowest BCUT2D eigenvalue weighted by atomic mass is 9.85. The molecule has 1 aliphatic rings. The first-order chi connectivity index (χ1) is 17.6. The minimum atomic E-state index is -1.66. The van der Waals surface area contributed by atoms with Crippen molar-refractivity contribution in [2.75, 3.05) is 0 Å². The highest BCUT2D eigenvalue weighted by atomic mass is 16.7. The molecule has 0 bridgehead atoms. The molecule has 5 atom stereocenters. The zero-order valence-corrected chi connectivity index (χ0v) is 21.9. The Labute approximate surface area is 215 Å². The van der Waals surface area contributed by atoms with Crippen LogP contribution in [-0.4, -0.2) is 59.1 Å². The highest BCUT2D eigenvalue weighted by molar-refractivity contribution is 5.83. The molecule has 0 radical (unpaired) electrons. The fourth-order valence-corrected chi connectivity index (χ4v) is 4.37. The van der Waals surface area contributed by atoms with Crippen LogP contribution in [0.5, 0.6) is 0 Å². The third-order valence-electron chi connectivity index (χ3n) is 6.39. The zero-order valence-electron chi connectivity index (χ0n) is 21.9. The molecule has 2 heterocycles. The van der Waals surface area contributed by atoms with Crippen molar-refractivity contribution < 1.29 is 42.9 Å². The molecule has 0 unspecified atom stereocenters. The summed E-state index contributed by atoms with van der Waals surface area (Å²) in [7, 11) is 0. The number of aromatic amines is 1. The predicted octanol–water partition coefficient (Wildman–Crippen LogP) is 3.74. The maximum Gasteiger partial charge on any atom is 0.308 e. The predicted molar refractivity (Wildman–Crippen MR) is 132 cm³/mol. The molecule has 1 N–H and O–H groups in total. The highest BCUT2D eigenvalue weighted by Crippen LogP contribution is 2.38. The molecule has 1 saturated heterocycles. The summed E-state index contributed by atoms with van der Waals surface area (Å²) in [5.41, 5.74) is 0.248. The molecule has 0 spiro atoms. The Morgan fingerprint density at radius 1 is 0.892 bits per heavy atom. The van der Waals surface area contributed by atoms with Gasteiger partial charge in [-0.3, -0.25) is 19.2 Å². The van der Waals surface area contributed by atoms with Gasteiger partial charge in [0.05, 0.1) is 0 Å². The molecule has 1 aromatic heterocycles. The van der Waals surface area contributed by atoms with E-state index in [1.165, 1.54) is 6.92 Å². The van der Waals surface area contributed by atoms with Crippen molar-refractivity contribution in [2.24, 2.45) is 0 Å². The Bertz CT molecular complexity index is 1130. The van der Waals surface area contributed by atoms with Crippen molar-refractivity contribution in [3.63, 3.8) is 0 Å². The van der Waals surface area contributed by atoms with Gasteiger partial charge in [-0.15, -0.1) is 0 Å². The molecule has 10 nitrogen and oxygen atoms in total. The maximum absolute atomic E-state index is 12.9. The first-order valence-corrected chi connectivity index (χ1v) is 12.6. The molecule has 10 heteroatoms. The molecule has 0 amide bonds. The number of hydrogen-bond acceptors (Lipinski definition) is 9. The third-order valence-corrected chi connectivity index (χ3v) is 6.39. The second-order valence-electron chi connectivity index (χ2n) is 9.10. The first-order valence-electron chi connectivity index (χ1n) is 12.6. The van der Waals surface area contributed by atoms with Crippen LogP contribution >= 0.6 is 0 Å². The summed E-state index contributed by atoms with van der Waals surface area (Å²) in [5, 5.41) is 1.01. The van der Waals surface area contributed by atoms with Gasteiger partial charge in [-0.05, 0) is 31.9 Å². The van der Waals surface area contributed by atoms with Crippen LogP contribution in [0.4, 0.5) is 0 Å². The van der Waals surface area contributed by atoms with Gasteiger partial charge in [-0.1, -0.05) is 39.0 Å². The Morgan fingerprint density at radius 2 is 1.51 bits per heavy atom. The summed E-state index contributed by atoms with van der Waals surface area (Å²) in [6.45, 7) is 7.93. The maximum atomic E-state index is 12.9. The lowest BCUT2D eigenvalue weighted by Gasteiger charge is -2.49. The largest absolute Gasteiger partial charge is 0.455 e. The number of para-hydroxylation sites is 1. The van der Waals surface area contributed by atoms with Crippen molar-refractivity contribution in [3.8, 4) is 0 Å². The summed E-state index contributed by atoms with van der Waals surface area (Å²) in [6, 6.07) is 7.75. The SMILES string of the molecule is CCC(=O)O[C@@H]1[C@H](OC(=O)CCc2c[nH]c3ccccc23)O[C@@H](C)[C@@H](OC(=O)CC)[C@]1(C)OC(=O)CC. The van der Waals surface area contributed by atoms with Crippen LogP contribution < -0.4 is 0 Å². The summed E-state index contributed by atoms with van der Waals surface area (Å²) in [6.07, 6.45) is -2.28. The topological polar surface area (TPSA) is 130 Å². The average molecular weight is 518 g/mol. The molecule has 202 valence electrons. The molecular weight excluding hydrogens is 482 g/mol. The number of aromatic nitrogens is 1. The van der Waals surface area contributed by atoms with Crippen molar-refractivity contribution in [1.29, 1.82) is 0 Å². The summed E-state index contributed by atoms with van der Waals surface area (Å²) < 4.78 is 28.4. The van der Waals surface area contributed by atoms with Crippen LogP contribution in [0.3, 0.4) is 0 Å². The van der Waals surface area contributed by atoms with E-state index in [0.717, 1.165) is 16.5 Å². The van der Waals surface area contributed by atoms with E-state index >= 15 is 0 Å². The average Bonchev–Trinajstić information content (AvgIpc) is 3.30. The molecule has 1 fully saturated rings. The minimum Gasteiger partial charge on any atom is -0.455 e. The number of carbonyl (C=O) groups is 4. The van der Waals surface area contributed by atoms with E-state index in [-0.39, 0.29) is 25.7 Å². The van der Waals surface area contributed by atoms with E-state index in [1.54, 1.807) is 27.7 Å². The molecule has 1 aliphatic heterocycles. The van der Waals surface area contributed by atoms with Gasteiger partial charge in [0, 0.05) is 42.8 Å². The molecule has 0 aliphatic carbocycles. The van der Waals surface area contributed by atoms with Gasteiger partial charge in [0.1, 0.15) is 6.10 Å². The molecular formula is C27H35NO9. The van der Waals surface area contributed by atoms with Gasteiger partial charge in [0.25, 0.3) is 0 Å². The number of H-pyrrole nitrogens is 1. The van der Waals surface area contributed by atoms with Crippen LogP contribution in [0, 0.1) is 0 Å². The van der Waals surface area contributed by atoms with Crippen molar-refractivity contribution in [2.45, 2.75) is 96.9 Å². The Balaban J connectivity index is 1.84. The van der Waals surface area contributed by atoms with E-state index in [9.17, 15) is 19.2 Å². The molecule has 3 rings (SSSR count). The number of carbonyl (C=O) groups excluding carboxylic acids is 4. The minimum absolute atomic E-state index is 0.0184. The highest BCUT2D eigenvalue weighted by Gasteiger charge is 2.60. The Kier molecular flexibility index (Phi) is 9.31. The van der Waals surface area contributed by atoms with Crippen LogP contribution in [-0.2, 0) is 49.3 Å². The number of nitrogens with one attached hydrogen (secondary N) is 1. The van der Waals surface area contributed by atoms with E-state index in [0.29, 0.717) is 6.42 Å². The van der Waals surface area contributed by atoms with Crippen molar-refractivity contribution in [3.05, 3.63) is 36.0 Å². The standard InChI is InChI=1S/C27H35NO9/c1-6-20(29)34-24-16(4)33-26(25(35-21(30)7-2)27(24,5)37-22(31)8-3)36-23(32)14-13-17-15-28-19-12-10-9-11-18(17)19/h9-12,15-16,24-26,28H,6-8,13-14H2,1-5H3/t16-,24+,25+,26-,27-/m0/s1. The normalized spacial score (nSPS) is 25.3. The number of ether oxygens (including phenoxy) is 5. The van der Waals surface area contributed by atoms with Crippen molar-refractivity contribution >= 4 is 34.8 Å². The zero-order chi connectivity index (χ0) is 27.2. The monoisotopic (exact) mass is 517 g/mol. The second-order valence-corrected chi connectivity index (χ2v) is 9.10. The second kappa shape index (κ2) is 12.2. The summed E-state index contributed by atoms with van der Waals surface area (Å²) in [5.74, 6) is -2.36. The quantitative estimate of drug-likeness (QED) is 0.370. The smallest absolute Gasteiger partial charge is 0.308 e. The van der Waals surface area contributed by atoms with Crippen molar-refractivity contribution in [1.82, 2.24) is 4.98 Å². The fourth-order valence-electron chi connectivity index (χ4n) is 4.37. The van der Waals surface area contributed by atoms with Gasteiger partial charge >= 0.3 is 23.9 Å². The van der Waals surface area contributed by atoms with Gasteiger partial charge in [-0.25, -0.2) is 0 Å². The summed E-state index contributed by atoms with van der Waals surface area (Å²) >= 11 is 0. The fraction of sp³-hybridized carbons (Fsp3) is 0.556. The van der Waals surface area contributed by atoms with E-state index in [2.05, 4.69) is 4.98 Å². The van der Waals surface area contributed by atoms with Crippen LogP contribution in [0.25, 0.3) is 10.9 Å². The number of benzene rings is 1. The van der Waals surface area contributed by atoms with Gasteiger partial charge in [-0.2, -0.15) is 0 Å². The van der Waals surface area contributed by atoms with Crippen LogP contribution in [0.1, 0.15) is 65.9 Å². The first kappa shape index (κ1) is 28.2. The molecule has 1 aromatic carbocycles. The molecule has 0 saturated carbocycles. The molecule has 2 aromatic rings. The van der Waals surface area contributed by atoms with E-state index in [4.69, 9.17) is 23.7 Å². The lowest BCUT2D eigenvalue weighted by molar-refractivity contribution is -0.320. The number of rotatable bonds is 10. The number of fused-ring (bicyclic) bond motifs is 1. The van der Waals surface area contributed by atoms with Gasteiger partial charge in [0.2, 0.25) is 12.4 Å². The Morgan fingerprint density at radius 3 is 2.16 bits per heavy atom. The number of hydrogen-bond donors (Lipinski definition) is 1. The Hall–Kier alpha value is -3.40. The summed E-state index contributed by atoms with van der Waals surface area (Å²) in [4.78, 5) is 53.0.